The summed E-state index contributed by atoms with van der Waals surface area (Å²) in [6.07, 6.45) is -13.2. The number of rotatable bonds is 4. The van der Waals surface area contributed by atoms with Crippen LogP contribution in [0.2, 0.25) is 13.1 Å². The van der Waals surface area contributed by atoms with Crippen molar-refractivity contribution >= 4 is 19.6 Å². The number of hydrogen-bond donors (Lipinski definition) is 0. The van der Waals surface area contributed by atoms with Gasteiger partial charge in [-0.25, -0.2) is 0 Å². The minimum Gasteiger partial charge on any atom is -0.395 e. The predicted molar refractivity (Wildman–Crippen MR) is 70.6 cm³/mol. The standard InChI is InChI=1S/C13H14F6OSi/c1-4-9-5-7-10(8-6-9)21(2,3)20-11(12(14,15)16)13(17,18)19/h4-8,11H,1H2,2-3H3. The van der Waals surface area contributed by atoms with Gasteiger partial charge in [-0.1, -0.05) is 36.9 Å². The molecule has 0 bridgehead atoms. The van der Waals surface area contributed by atoms with Crippen LogP contribution in [0, 0.1) is 0 Å². The molecule has 0 amide bonds. The van der Waals surface area contributed by atoms with Crippen molar-refractivity contribution < 1.29 is 30.8 Å². The van der Waals surface area contributed by atoms with Crippen molar-refractivity contribution in [2.75, 3.05) is 0 Å². The SMILES string of the molecule is C=Cc1ccc([Si](C)(C)OC(C(F)(F)F)C(F)(F)F)cc1. The summed E-state index contributed by atoms with van der Waals surface area (Å²) in [5.41, 5.74) is 0.715. The molecule has 0 aromatic heterocycles. The average molecular weight is 328 g/mol. The van der Waals surface area contributed by atoms with E-state index in [9.17, 15) is 26.3 Å². The van der Waals surface area contributed by atoms with Crippen LogP contribution in [0.5, 0.6) is 0 Å². The first-order chi connectivity index (χ1) is 9.38. The third-order valence-corrected chi connectivity index (χ3v) is 5.40. The highest BCUT2D eigenvalue weighted by molar-refractivity contribution is 6.84. The first-order valence-corrected chi connectivity index (χ1v) is 8.83. The highest BCUT2D eigenvalue weighted by Gasteiger charge is 2.59. The molecule has 0 saturated heterocycles. The molecule has 21 heavy (non-hydrogen) atoms. The highest BCUT2D eigenvalue weighted by Crippen LogP contribution is 2.37. The summed E-state index contributed by atoms with van der Waals surface area (Å²) >= 11 is 0. The fourth-order valence-electron chi connectivity index (χ4n) is 1.70. The van der Waals surface area contributed by atoms with Crippen molar-refractivity contribution in [1.82, 2.24) is 0 Å². The molecule has 0 spiro atoms. The van der Waals surface area contributed by atoms with Gasteiger partial charge in [0.1, 0.15) is 0 Å². The van der Waals surface area contributed by atoms with E-state index in [-0.39, 0.29) is 0 Å². The summed E-state index contributed by atoms with van der Waals surface area (Å²) in [7, 11) is -3.37. The van der Waals surface area contributed by atoms with E-state index in [0.717, 1.165) is 0 Å². The zero-order chi connectivity index (χ0) is 16.5. The maximum absolute atomic E-state index is 12.5. The summed E-state index contributed by atoms with van der Waals surface area (Å²) in [4.78, 5) is 0. The first kappa shape index (κ1) is 17.8. The lowest BCUT2D eigenvalue weighted by atomic mass is 10.2. The third kappa shape index (κ3) is 4.60. The second-order valence-corrected chi connectivity index (χ2v) is 8.75. The second kappa shape index (κ2) is 5.84. The molecule has 1 rings (SSSR count). The lowest BCUT2D eigenvalue weighted by molar-refractivity contribution is -0.302. The third-order valence-electron chi connectivity index (χ3n) is 2.85. The van der Waals surface area contributed by atoms with Gasteiger partial charge in [0.25, 0.3) is 0 Å². The molecular weight excluding hydrogens is 314 g/mol. The van der Waals surface area contributed by atoms with Crippen LogP contribution in [0.4, 0.5) is 26.3 Å². The molecule has 8 heteroatoms. The van der Waals surface area contributed by atoms with Crippen molar-refractivity contribution in [3.8, 4) is 0 Å². The van der Waals surface area contributed by atoms with Crippen molar-refractivity contribution in [3.63, 3.8) is 0 Å². The van der Waals surface area contributed by atoms with E-state index < -0.39 is 26.8 Å². The molecule has 0 unspecified atom stereocenters. The van der Waals surface area contributed by atoms with Crippen LogP contribution in [0.15, 0.2) is 30.8 Å². The Hall–Kier alpha value is -1.28. The predicted octanol–water partition coefficient (Wildman–Crippen LogP) is 4.25. The van der Waals surface area contributed by atoms with Gasteiger partial charge in [0.05, 0.1) is 0 Å². The van der Waals surface area contributed by atoms with Crippen molar-refractivity contribution in [2.24, 2.45) is 0 Å². The summed E-state index contributed by atoms with van der Waals surface area (Å²) in [5.74, 6) is 0. The van der Waals surface area contributed by atoms with E-state index in [1.807, 2.05) is 0 Å². The van der Waals surface area contributed by atoms with Gasteiger partial charge in [0, 0.05) is 0 Å². The largest absolute Gasteiger partial charge is 0.422 e. The van der Waals surface area contributed by atoms with Gasteiger partial charge in [-0.3, -0.25) is 0 Å². The first-order valence-electron chi connectivity index (χ1n) is 5.92. The van der Waals surface area contributed by atoms with Crippen LogP contribution in [-0.4, -0.2) is 26.8 Å². The van der Waals surface area contributed by atoms with E-state index >= 15 is 0 Å². The molecule has 1 aromatic carbocycles. The Morgan fingerprint density at radius 2 is 1.43 bits per heavy atom. The van der Waals surface area contributed by atoms with Crippen molar-refractivity contribution in [1.29, 1.82) is 0 Å². The summed E-state index contributed by atoms with van der Waals surface area (Å²) in [6, 6.07) is 6.06. The molecule has 0 aliphatic heterocycles. The topological polar surface area (TPSA) is 9.23 Å². The Morgan fingerprint density at radius 1 is 1.00 bits per heavy atom. The van der Waals surface area contributed by atoms with E-state index in [4.69, 9.17) is 0 Å². The molecule has 1 aromatic rings. The summed E-state index contributed by atoms with van der Waals surface area (Å²) in [5, 5.41) is 0.339. The molecule has 0 radical (unpaired) electrons. The van der Waals surface area contributed by atoms with Gasteiger partial charge in [0.15, 0.2) is 0 Å². The second-order valence-electron chi connectivity index (χ2n) is 4.92. The van der Waals surface area contributed by atoms with E-state index in [1.165, 1.54) is 31.3 Å². The number of benzene rings is 1. The van der Waals surface area contributed by atoms with Gasteiger partial charge >= 0.3 is 12.4 Å². The Morgan fingerprint density at radius 3 is 1.76 bits per heavy atom. The van der Waals surface area contributed by atoms with Gasteiger partial charge in [-0.15, -0.1) is 0 Å². The molecule has 1 nitrogen and oxygen atoms in total. The molecular formula is C13H14F6OSi. The monoisotopic (exact) mass is 328 g/mol. The van der Waals surface area contributed by atoms with Crippen molar-refractivity contribution in [2.45, 2.75) is 31.6 Å². The normalized spacial score (nSPS) is 13.6. The van der Waals surface area contributed by atoms with Gasteiger partial charge in [-0.05, 0) is 23.8 Å². The van der Waals surface area contributed by atoms with E-state index in [2.05, 4.69) is 11.0 Å². The Bertz CT molecular complexity index is 475. The molecule has 0 atom stereocenters. The number of hydrogen-bond acceptors (Lipinski definition) is 1. The average Bonchev–Trinajstić information content (AvgIpc) is 2.33. The van der Waals surface area contributed by atoms with Gasteiger partial charge < -0.3 is 4.43 Å². The van der Waals surface area contributed by atoms with E-state index in [1.54, 1.807) is 12.1 Å². The minimum atomic E-state index is -5.50. The van der Waals surface area contributed by atoms with Crippen LogP contribution in [0.3, 0.4) is 0 Å². The number of alkyl halides is 6. The van der Waals surface area contributed by atoms with Gasteiger partial charge in [0.2, 0.25) is 14.4 Å². The van der Waals surface area contributed by atoms with Crippen LogP contribution < -0.4 is 5.19 Å². The molecule has 118 valence electrons. The zero-order valence-electron chi connectivity index (χ0n) is 11.3. The highest BCUT2D eigenvalue weighted by atomic mass is 28.4. The lowest BCUT2D eigenvalue weighted by Crippen LogP contribution is -2.55. The molecule has 0 aliphatic carbocycles. The van der Waals surface area contributed by atoms with Crippen molar-refractivity contribution in [3.05, 3.63) is 36.4 Å². The Kier molecular flexibility index (Phi) is 4.94. The van der Waals surface area contributed by atoms with Crippen LogP contribution in [-0.2, 0) is 4.43 Å². The molecule has 0 N–H and O–H groups in total. The van der Waals surface area contributed by atoms with Crippen LogP contribution in [0.25, 0.3) is 6.08 Å². The van der Waals surface area contributed by atoms with Crippen LogP contribution >= 0.6 is 0 Å². The lowest BCUT2D eigenvalue weighted by Gasteiger charge is -2.32. The zero-order valence-corrected chi connectivity index (χ0v) is 12.3. The summed E-state index contributed by atoms with van der Waals surface area (Å²) in [6.45, 7) is 6.10. The smallest absolute Gasteiger partial charge is 0.395 e. The quantitative estimate of drug-likeness (QED) is 0.593. The minimum absolute atomic E-state index is 0.339. The maximum atomic E-state index is 12.5. The van der Waals surface area contributed by atoms with E-state index in [0.29, 0.717) is 10.8 Å². The van der Waals surface area contributed by atoms with Crippen LogP contribution in [0.1, 0.15) is 5.56 Å². The Balaban J connectivity index is 3.07. The maximum Gasteiger partial charge on any atom is 0.422 e. The Labute approximate surface area is 119 Å². The molecule has 0 aliphatic rings. The molecule has 0 heterocycles. The molecule has 0 fully saturated rings. The number of halogens is 6. The fraction of sp³-hybridized carbons (Fsp3) is 0.385. The summed E-state index contributed by atoms with van der Waals surface area (Å²) < 4.78 is 79.8. The fourth-order valence-corrected chi connectivity index (χ4v) is 3.66. The van der Waals surface area contributed by atoms with Gasteiger partial charge in [-0.2, -0.15) is 26.3 Å². The molecule has 0 saturated carbocycles.